The highest BCUT2D eigenvalue weighted by Crippen LogP contribution is 2.27. The summed E-state index contributed by atoms with van der Waals surface area (Å²) in [5.41, 5.74) is 2.86. The highest BCUT2D eigenvalue weighted by Gasteiger charge is 2.16. The van der Waals surface area contributed by atoms with Gasteiger partial charge < -0.3 is 5.32 Å². The lowest BCUT2D eigenvalue weighted by Crippen LogP contribution is -2.29. The molecule has 0 atom stereocenters. The van der Waals surface area contributed by atoms with Crippen LogP contribution in [0.15, 0.2) is 18.5 Å². The number of hydrogen-bond donors (Lipinski definition) is 1. The smallest absolute Gasteiger partial charge is 0.0565 e. The van der Waals surface area contributed by atoms with Crippen molar-refractivity contribution in [2.75, 3.05) is 13.1 Å². The first-order valence-corrected chi connectivity index (χ1v) is 6.88. The second-order valence-electron chi connectivity index (χ2n) is 5.17. The van der Waals surface area contributed by atoms with Crippen molar-refractivity contribution in [1.29, 1.82) is 0 Å². The fourth-order valence-electron chi connectivity index (χ4n) is 2.88. The number of rotatable bonds is 2. The van der Waals surface area contributed by atoms with E-state index in [-0.39, 0.29) is 0 Å². The van der Waals surface area contributed by atoms with Gasteiger partial charge in [-0.25, -0.2) is 0 Å². The number of piperidine rings is 1. The molecule has 1 fully saturated rings. The van der Waals surface area contributed by atoms with E-state index in [2.05, 4.69) is 33.6 Å². The molecule has 92 valence electrons. The standard InChI is InChI=1S/C14H21N3/c1-2-4-12(5-3-1)13-10-16-17(11-13)14-6-8-15-9-7-14/h4,10-11,14-15H,1-3,5-9H2. The molecule has 3 heteroatoms. The number of hydrogen-bond acceptors (Lipinski definition) is 2. The Balaban J connectivity index is 1.75. The molecule has 1 aliphatic carbocycles. The van der Waals surface area contributed by atoms with E-state index in [0.717, 1.165) is 13.1 Å². The zero-order valence-electron chi connectivity index (χ0n) is 10.4. The van der Waals surface area contributed by atoms with E-state index in [1.807, 2.05) is 0 Å². The van der Waals surface area contributed by atoms with Gasteiger partial charge in [-0.05, 0) is 57.2 Å². The van der Waals surface area contributed by atoms with E-state index in [9.17, 15) is 0 Å². The fraction of sp³-hybridized carbons (Fsp3) is 0.643. The van der Waals surface area contributed by atoms with Crippen molar-refractivity contribution in [3.8, 4) is 0 Å². The van der Waals surface area contributed by atoms with Gasteiger partial charge in [0.15, 0.2) is 0 Å². The topological polar surface area (TPSA) is 29.9 Å². The quantitative estimate of drug-likeness (QED) is 0.848. The molecular formula is C14H21N3. The van der Waals surface area contributed by atoms with Crippen molar-refractivity contribution in [3.05, 3.63) is 24.0 Å². The molecule has 1 aromatic heterocycles. The lowest BCUT2D eigenvalue weighted by molar-refractivity contribution is 0.343. The van der Waals surface area contributed by atoms with E-state index in [1.54, 1.807) is 0 Å². The lowest BCUT2D eigenvalue weighted by Gasteiger charge is -2.22. The molecule has 3 rings (SSSR count). The number of aromatic nitrogens is 2. The van der Waals surface area contributed by atoms with Crippen LogP contribution in [-0.4, -0.2) is 22.9 Å². The van der Waals surface area contributed by atoms with Crippen molar-refractivity contribution < 1.29 is 0 Å². The maximum Gasteiger partial charge on any atom is 0.0565 e. The maximum atomic E-state index is 4.56. The van der Waals surface area contributed by atoms with Crippen LogP contribution in [0.25, 0.3) is 5.57 Å². The fourth-order valence-corrected chi connectivity index (χ4v) is 2.88. The number of nitrogens with zero attached hydrogens (tertiary/aromatic N) is 2. The number of nitrogens with one attached hydrogen (secondary N) is 1. The van der Waals surface area contributed by atoms with Crippen LogP contribution in [0, 0.1) is 0 Å². The molecule has 0 spiro atoms. The summed E-state index contributed by atoms with van der Waals surface area (Å²) in [6, 6.07) is 0.606. The van der Waals surface area contributed by atoms with E-state index in [1.165, 1.54) is 49.7 Å². The van der Waals surface area contributed by atoms with Crippen LogP contribution < -0.4 is 5.32 Å². The molecule has 1 saturated heterocycles. The second-order valence-corrected chi connectivity index (χ2v) is 5.17. The van der Waals surface area contributed by atoms with E-state index in [4.69, 9.17) is 0 Å². The van der Waals surface area contributed by atoms with E-state index >= 15 is 0 Å². The van der Waals surface area contributed by atoms with Crippen LogP contribution >= 0.6 is 0 Å². The molecule has 0 bridgehead atoms. The van der Waals surface area contributed by atoms with Gasteiger partial charge in [-0.15, -0.1) is 0 Å². The maximum absolute atomic E-state index is 4.56. The first kappa shape index (κ1) is 11.0. The third-order valence-electron chi connectivity index (χ3n) is 3.95. The molecule has 1 N–H and O–H groups in total. The van der Waals surface area contributed by atoms with Crippen LogP contribution in [0.4, 0.5) is 0 Å². The van der Waals surface area contributed by atoms with Crippen LogP contribution in [0.5, 0.6) is 0 Å². The zero-order chi connectivity index (χ0) is 11.5. The van der Waals surface area contributed by atoms with Crippen LogP contribution in [0.1, 0.15) is 50.1 Å². The first-order valence-electron chi connectivity index (χ1n) is 6.88. The van der Waals surface area contributed by atoms with Crippen molar-refractivity contribution in [1.82, 2.24) is 15.1 Å². The predicted octanol–water partition coefficient (Wildman–Crippen LogP) is 2.77. The Morgan fingerprint density at radius 1 is 1.24 bits per heavy atom. The molecular weight excluding hydrogens is 210 g/mol. The minimum atomic E-state index is 0.606. The van der Waals surface area contributed by atoms with Crippen molar-refractivity contribution in [2.24, 2.45) is 0 Å². The Morgan fingerprint density at radius 2 is 2.12 bits per heavy atom. The Hall–Kier alpha value is -1.09. The van der Waals surface area contributed by atoms with Gasteiger partial charge in [-0.1, -0.05) is 6.08 Å². The van der Waals surface area contributed by atoms with E-state index in [0.29, 0.717) is 6.04 Å². The lowest BCUT2D eigenvalue weighted by atomic mass is 9.96. The zero-order valence-corrected chi connectivity index (χ0v) is 10.4. The Morgan fingerprint density at radius 3 is 2.88 bits per heavy atom. The molecule has 0 unspecified atom stereocenters. The highest BCUT2D eigenvalue weighted by atomic mass is 15.3. The van der Waals surface area contributed by atoms with Crippen molar-refractivity contribution in [2.45, 2.75) is 44.6 Å². The van der Waals surface area contributed by atoms with Gasteiger partial charge in [-0.3, -0.25) is 4.68 Å². The van der Waals surface area contributed by atoms with E-state index < -0.39 is 0 Å². The molecule has 3 nitrogen and oxygen atoms in total. The normalized spacial score (nSPS) is 22.5. The Kier molecular flexibility index (Phi) is 3.27. The van der Waals surface area contributed by atoms with Crippen LogP contribution in [0.2, 0.25) is 0 Å². The van der Waals surface area contributed by atoms with Crippen molar-refractivity contribution >= 4 is 5.57 Å². The molecule has 17 heavy (non-hydrogen) atoms. The molecule has 2 heterocycles. The van der Waals surface area contributed by atoms with Gasteiger partial charge >= 0.3 is 0 Å². The van der Waals surface area contributed by atoms with Gasteiger partial charge in [0, 0.05) is 11.8 Å². The molecule has 0 amide bonds. The highest BCUT2D eigenvalue weighted by molar-refractivity contribution is 5.64. The number of allylic oxidation sites excluding steroid dienone is 2. The summed E-state index contributed by atoms with van der Waals surface area (Å²) in [5.74, 6) is 0. The average molecular weight is 231 g/mol. The third kappa shape index (κ3) is 2.44. The molecule has 0 radical (unpaired) electrons. The largest absolute Gasteiger partial charge is 0.317 e. The summed E-state index contributed by atoms with van der Waals surface area (Å²) in [6.07, 6.45) is 14.3. The van der Waals surface area contributed by atoms with Gasteiger partial charge in [0.25, 0.3) is 0 Å². The van der Waals surface area contributed by atoms with Crippen LogP contribution in [-0.2, 0) is 0 Å². The Labute approximate surface area is 103 Å². The summed E-state index contributed by atoms with van der Waals surface area (Å²) in [6.45, 7) is 2.26. The molecule has 0 saturated carbocycles. The van der Waals surface area contributed by atoms with Gasteiger partial charge in [0.05, 0.1) is 12.2 Å². The summed E-state index contributed by atoms with van der Waals surface area (Å²) in [5, 5.41) is 7.97. The van der Waals surface area contributed by atoms with Gasteiger partial charge in [0.1, 0.15) is 0 Å². The second kappa shape index (κ2) is 5.05. The van der Waals surface area contributed by atoms with Gasteiger partial charge in [0.2, 0.25) is 0 Å². The molecule has 0 aromatic carbocycles. The first-order chi connectivity index (χ1) is 8.43. The Bertz CT molecular complexity index is 399. The minimum absolute atomic E-state index is 0.606. The third-order valence-corrected chi connectivity index (χ3v) is 3.95. The van der Waals surface area contributed by atoms with Gasteiger partial charge in [-0.2, -0.15) is 5.10 Å². The molecule has 1 aliphatic heterocycles. The minimum Gasteiger partial charge on any atom is -0.317 e. The van der Waals surface area contributed by atoms with Crippen molar-refractivity contribution in [3.63, 3.8) is 0 Å². The monoisotopic (exact) mass is 231 g/mol. The average Bonchev–Trinajstić information content (AvgIpc) is 2.90. The molecule has 2 aliphatic rings. The summed E-state index contributed by atoms with van der Waals surface area (Å²) < 4.78 is 2.19. The summed E-state index contributed by atoms with van der Waals surface area (Å²) >= 11 is 0. The molecule has 1 aromatic rings. The SMILES string of the molecule is C1=C(c2cnn(C3CCNCC3)c2)CCCC1. The predicted molar refractivity (Wildman–Crippen MR) is 69.8 cm³/mol. The van der Waals surface area contributed by atoms with Crippen LogP contribution in [0.3, 0.4) is 0 Å². The summed E-state index contributed by atoms with van der Waals surface area (Å²) in [7, 11) is 0. The summed E-state index contributed by atoms with van der Waals surface area (Å²) in [4.78, 5) is 0.